The van der Waals surface area contributed by atoms with Crippen LogP contribution in [0, 0.1) is 0 Å². The Kier molecular flexibility index (Phi) is 7.37. The molecular formula is C17H25IN8. The van der Waals surface area contributed by atoms with E-state index in [1.54, 1.807) is 13.4 Å². The van der Waals surface area contributed by atoms with Gasteiger partial charge in [0.2, 0.25) is 0 Å². The van der Waals surface area contributed by atoms with Crippen molar-refractivity contribution >= 4 is 41.0 Å². The molecule has 0 unspecified atom stereocenters. The molecule has 2 heterocycles. The van der Waals surface area contributed by atoms with Gasteiger partial charge < -0.3 is 19.8 Å². The molecule has 0 aliphatic heterocycles. The van der Waals surface area contributed by atoms with Gasteiger partial charge in [0, 0.05) is 33.6 Å². The smallest absolute Gasteiger partial charge is 0.191 e. The predicted octanol–water partition coefficient (Wildman–Crippen LogP) is 1.71. The predicted molar refractivity (Wildman–Crippen MR) is 114 cm³/mol. The third-order valence-electron chi connectivity index (χ3n) is 4.17. The van der Waals surface area contributed by atoms with Gasteiger partial charge in [-0.3, -0.25) is 4.99 Å². The average Bonchev–Trinajstić information content (AvgIpc) is 3.22. The highest BCUT2D eigenvalue weighted by Crippen LogP contribution is 2.13. The first-order valence-electron chi connectivity index (χ1n) is 8.44. The van der Waals surface area contributed by atoms with Crippen molar-refractivity contribution in [3.63, 3.8) is 0 Å². The molecule has 0 aliphatic carbocycles. The van der Waals surface area contributed by atoms with Gasteiger partial charge in [-0.2, -0.15) is 0 Å². The third-order valence-corrected chi connectivity index (χ3v) is 4.17. The van der Waals surface area contributed by atoms with E-state index in [4.69, 9.17) is 0 Å². The zero-order valence-corrected chi connectivity index (χ0v) is 17.6. The Morgan fingerprint density at radius 2 is 2.00 bits per heavy atom. The van der Waals surface area contributed by atoms with Crippen LogP contribution < -0.4 is 10.6 Å². The lowest BCUT2D eigenvalue weighted by Gasteiger charge is -2.12. The highest BCUT2D eigenvalue weighted by atomic mass is 127. The number of fused-ring (bicyclic) bond motifs is 1. The number of para-hydroxylation sites is 2. The molecule has 2 aromatic heterocycles. The molecule has 3 rings (SSSR count). The van der Waals surface area contributed by atoms with E-state index in [9.17, 15) is 0 Å². The first-order chi connectivity index (χ1) is 12.2. The van der Waals surface area contributed by atoms with Gasteiger partial charge in [-0.25, -0.2) is 4.98 Å². The van der Waals surface area contributed by atoms with Crippen LogP contribution in [0.25, 0.3) is 11.0 Å². The van der Waals surface area contributed by atoms with Crippen LogP contribution in [0.3, 0.4) is 0 Å². The fraction of sp³-hybridized carbons (Fsp3) is 0.412. The number of hydrogen-bond acceptors (Lipinski definition) is 4. The zero-order chi connectivity index (χ0) is 17.6. The molecule has 2 N–H and O–H groups in total. The van der Waals surface area contributed by atoms with E-state index in [-0.39, 0.29) is 24.0 Å². The van der Waals surface area contributed by atoms with Crippen LogP contribution in [0.4, 0.5) is 0 Å². The first kappa shape index (κ1) is 20.1. The summed E-state index contributed by atoms with van der Waals surface area (Å²) in [5.74, 6) is 2.71. The normalized spacial score (nSPS) is 11.4. The molecule has 0 amide bonds. The van der Waals surface area contributed by atoms with E-state index < -0.39 is 0 Å². The van der Waals surface area contributed by atoms with Crippen LogP contribution in [0.15, 0.2) is 35.6 Å². The monoisotopic (exact) mass is 468 g/mol. The average molecular weight is 468 g/mol. The van der Waals surface area contributed by atoms with Gasteiger partial charge in [-0.1, -0.05) is 19.1 Å². The number of aryl methyl sites for hydroxylation is 2. The van der Waals surface area contributed by atoms with Gasteiger partial charge in [0.05, 0.1) is 17.6 Å². The molecule has 0 saturated carbocycles. The van der Waals surface area contributed by atoms with Gasteiger partial charge in [-0.15, -0.1) is 34.2 Å². The van der Waals surface area contributed by atoms with Crippen LogP contribution in [-0.4, -0.2) is 43.9 Å². The maximum absolute atomic E-state index is 4.66. The molecule has 0 bridgehead atoms. The minimum Gasteiger partial charge on any atom is -0.355 e. The summed E-state index contributed by atoms with van der Waals surface area (Å²) in [4.78, 5) is 8.92. The highest BCUT2D eigenvalue weighted by Gasteiger charge is 2.08. The standard InChI is InChI=1S/C17H24N8.HI/c1-4-15-23-21-12-25(15)10-9-19-17(18-2)20-11-16-22-13-7-5-6-8-14(13)24(16)3;/h5-8,12H,4,9-11H2,1-3H3,(H2,18,19,20);1H. The summed E-state index contributed by atoms with van der Waals surface area (Å²) in [5, 5.41) is 14.7. The molecule has 1 aromatic carbocycles. The quantitative estimate of drug-likeness (QED) is 0.327. The number of nitrogens with one attached hydrogen (secondary N) is 2. The summed E-state index contributed by atoms with van der Waals surface area (Å²) in [5.41, 5.74) is 2.13. The molecule has 26 heavy (non-hydrogen) atoms. The zero-order valence-electron chi connectivity index (χ0n) is 15.3. The first-order valence-corrected chi connectivity index (χ1v) is 8.44. The van der Waals surface area contributed by atoms with Gasteiger partial charge in [0.1, 0.15) is 18.0 Å². The Labute approximate surface area is 170 Å². The highest BCUT2D eigenvalue weighted by molar-refractivity contribution is 14.0. The number of imidazole rings is 1. The number of aliphatic imine (C=N–C) groups is 1. The van der Waals surface area contributed by atoms with Gasteiger partial charge >= 0.3 is 0 Å². The Balaban J connectivity index is 0.00000243. The Morgan fingerprint density at radius 1 is 1.19 bits per heavy atom. The number of aromatic nitrogens is 5. The molecular weight excluding hydrogens is 443 g/mol. The second-order valence-corrected chi connectivity index (χ2v) is 5.72. The van der Waals surface area contributed by atoms with Gasteiger partial charge in [-0.05, 0) is 12.1 Å². The van der Waals surface area contributed by atoms with Crippen molar-refractivity contribution in [3.05, 3.63) is 42.2 Å². The van der Waals surface area contributed by atoms with Gasteiger partial charge in [0.25, 0.3) is 0 Å². The van der Waals surface area contributed by atoms with Gasteiger partial charge in [0.15, 0.2) is 5.96 Å². The Morgan fingerprint density at radius 3 is 2.73 bits per heavy atom. The Bertz CT molecular complexity index is 867. The SMILES string of the molecule is CCc1nncn1CCNC(=NC)NCc1nc2ccccc2n1C.I. The number of hydrogen-bond donors (Lipinski definition) is 2. The molecule has 9 heteroatoms. The molecule has 0 radical (unpaired) electrons. The van der Waals surface area contributed by atoms with Crippen molar-refractivity contribution in [2.24, 2.45) is 12.0 Å². The lowest BCUT2D eigenvalue weighted by Crippen LogP contribution is -2.39. The van der Waals surface area contributed by atoms with Crippen LogP contribution in [0.1, 0.15) is 18.6 Å². The minimum atomic E-state index is 0. The largest absolute Gasteiger partial charge is 0.355 e. The Hall–Kier alpha value is -2.17. The molecule has 0 fully saturated rings. The van der Waals surface area contributed by atoms with E-state index in [1.807, 2.05) is 29.8 Å². The second-order valence-electron chi connectivity index (χ2n) is 5.72. The van der Waals surface area contributed by atoms with Crippen molar-refractivity contribution in [2.75, 3.05) is 13.6 Å². The minimum absolute atomic E-state index is 0. The molecule has 0 saturated heterocycles. The summed E-state index contributed by atoms with van der Waals surface area (Å²) in [6, 6.07) is 8.12. The lowest BCUT2D eigenvalue weighted by molar-refractivity contribution is 0.630. The van der Waals surface area contributed by atoms with E-state index in [0.717, 1.165) is 48.2 Å². The lowest BCUT2D eigenvalue weighted by atomic mass is 10.3. The van der Waals surface area contributed by atoms with Crippen molar-refractivity contribution in [3.8, 4) is 0 Å². The summed E-state index contributed by atoms with van der Waals surface area (Å²) >= 11 is 0. The fourth-order valence-electron chi connectivity index (χ4n) is 2.77. The fourth-order valence-corrected chi connectivity index (χ4v) is 2.77. The summed E-state index contributed by atoms with van der Waals surface area (Å²) in [6.07, 6.45) is 2.63. The van der Waals surface area contributed by atoms with Crippen molar-refractivity contribution in [1.82, 2.24) is 34.9 Å². The van der Waals surface area contributed by atoms with E-state index in [2.05, 4.69) is 48.4 Å². The number of rotatable bonds is 6. The van der Waals surface area contributed by atoms with Crippen molar-refractivity contribution in [1.29, 1.82) is 0 Å². The number of nitrogens with zero attached hydrogens (tertiary/aromatic N) is 6. The molecule has 140 valence electrons. The van der Waals surface area contributed by atoms with Crippen LogP contribution >= 0.6 is 24.0 Å². The molecule has 0 spiro atoms. The molecule has 3 aromatic rings. The summed E-state index contributed by atoms with van der Waals surface area (Å²) in [7, 11) is 3.79. The van der Waals surface area contributed by atoms with Crippen molar-refractivity contribution in [2.45, 2.75) is 26.4 Å². The molecule has 0 aliphatic rings. The summed E-state index contributed by atoms with van der Waals surface area (Å²) < 4.78 is 4.14. The number of halogens is 1. The van der Waals surface area contributed by atoms with Crippen LogP contribution in [0.2, 0.25) is 0 Å². The van der Waals surface area contributed by atoms with E-state index >= 15 is 0 Å². The molecule has 0 atom stereocenters. The topological polar surface area (TPSA) is 84.9 Å². The second kappa shape index (κ2) is 9.51. The van der Waals surface area contributed by atoms with Crippen molar-refractivity contribution < 1.29 is 0 Å². The number of benzene rings is 1. The van der Waals surface area contributed by atoms with Crippen LogP contribution in [-0.2, 0) is 26.6 Å². The number of guanidine groups is 1. The van der Waals surface area contributed by atoms with E-state index in [0.29, 0.717) is 6.54 Å². The molecule has 8 nitrogen and oxygen atoms in total. The van der Waals surface area contributed by atoms with Crippen LogP contribution in [0.5, 0.6) is 0 Å². The third kappa shape index (κ3) is 4.51. The maximum atomic E-state index is 4.66. The van der Waals surface area contributed by atoms with E-state index in [1.165, 1.54) is 0 Å². The summed E-state index contributed by atoms with van der Waals surface area (Å²) in [6.45, 7) is 4.22. The maximum Gasteiger partial charge on any atom is 0.191 e.